The molecule has 2 aliphatic rings. The molecule has 1 aliphatic carbocycles. The van der Waals surface area contributed by atoms with Crippen LogP contribution in [0.25, 0.3) is 11.1 Å². The summed E-state index contributed by atoms with van der Waals surface area (Å²) in [7, 11) is 0. The van der Waals surface area contributed by atoms with Crippen LogP contribution in [0.2, 0.25) is 0 Å². The summed E-state index contributed by atoms with van der Waals surface area (Å²) >= 11 is 0. The van der Waals surface area contributed by atoms with Crippen molar-refractivity contribution in [1.29, 1.82) is 0 Å². The van der Waals surface area contributed by atoms with Crippen LogP contribution in [0.4, 0.5) is 4.79 Å². The maximum atomic E-state index is 12.7. The number of amides is 1. The summed E-state index contributed by atoms with van der Waals surface area (Å²) in [5.74, 6) is -1.13. The molecule has 0 bridgehead atoms. The van der Waals surface area contributed by atoms with Gasteiger partial charge in [-0.1, -0.05) is 48.5 Å². The predicted molar refractivity (Wildman–Crippen MR) is 111 cm³/mol. The highest BCUT2D eigenvalue weighted by Crippen LogP contribution is 2.44. The van der Waals surface area contributed by atoms with Gasteiger partial charge in [0.25, 0.3) is 0 Å². The lowest BCUT2D eigenvalue weighted by atomic mass is 9.75. The first-order valence-corrected chi connectivity index (χ1v) is 10.2. The number of Topliss-reactive ketones (excluding diaryl/α,β-unsaturated/α-hetero) is 1. The third-order valence-corrected chi connectivity index (χ3v) is 6.36. The highest BCUT2D eigenvalue weighted by atomic mass is 16.6. The Balaban J connectivity index is 1.42. The number of hydrogen-bond donors (Lipinski definition) is 1. The number of likely N-dealkylation sites (tertiary alicyclic amines) is 1. The van der Waals surface area contributed by atoms with Gasteiger partial charge in [0, 0.05) is 25.4 Å². The molecular weight excluding hydrogens is 382 g/mol. The molecule has 1 fully saturated rings. The van der Waals surface area contributed by atoms with Crippen molar-refractivity contribution in [1.82, 2.24) is 4.90 Å². The average Bonchev–Trinajstić information content (AvgIpc) is 3.06. The number of carboxylic acids is 1. The molecule has 1 aliphatic heterocycles. The van der Waals surface area contributed by atoms with E-state index in [1.54, 1.807) is 4.90 Å². The van der Waals surface area contributed by atoms with E-state index in [1.807, 2.05) is 24.3 Å². The Hall–Kier alpha value is -3.15. The topological polar surface area (TPSA) is 83.9 Å². The Morgan fingerprint density at radius 3 is 2.03 bits per heavy atom. The number of benzene rings is 2. The summed E-state index contributed by atoms with van der Waals surface area (Å²) in [6.07, 6.45) is 0.0812. The van der Waals surface area contributed by atoms with Crippen LogP contribution in [-0.2, 0) is 14.3 Å². The third kappa shape index (κ3) is 3.58. The van der Waals surface area contributed by atoms with Gasteiger partial charge in [0.2, 0.25) is 0 Å². The lowest BCUT2D eigenvalue weighted by molar-refractivity contribution is -0.154. The standard InChI is InChI=1S/C24H25NO5/c1-16(26)14-24(22(27)28)10-12-25(13-11-24)23(29)30-15-21-19-8-4-2-6-17(19)18-7-3-5-9-20(18)21/h2-9,21H,10-15H2,1H3,(H,27,28). The third-order valence-electron chi connectivity index (χ3n) is 6.36. The molecule has 30 heavy (non-hydrogen) atoms. The first-order chi connectivity index (χ1) is 14.4. The summed E-state index contributed by atoms with van der Waals surface area (Å²) < 4.78 is 5.66. The molecule has 1 N–H and O–H groups in total. The summed E-state index contributed by atoms with van der Waals surface area (Å²) in [6, 6.07) is 16.3. The minimum atomic E-state index is -1.08. The molecule has 0 aromatic heterocycles. The second kappa shape index (κ2) is 7.94. The van der Waals surface area contributed by atoms with E-state index in [-0.39, 0.29) is 50.7 Å². The lowest BCUT2D eigenvalue weighted by Gasteiger charge is -2.37. The molecule has 156 valence electrons. The summed E-state index contributed by atoms with van der Waals surface area (Å²) in [5, 5.41) is 9.61. The fourth-order valence-corrected chi connectivity index (χ4v) is 4.75. The van der Waals surface area contributed by atoms with Crippen LogP contribution >= 0.6 is 0 Å². The van der Waals surface area contributed by atoms with Crippen molar-refractivity contribution >= 4 is 17.8 Å². The molecule has 2 aromatic rings. The van der Waals surface area contributed by atoms with E-state index in [2.05, 4.69) is 24.3 Å². The van der Waals surface area contributed by atoms with E-state index in [4.69, 9.17) is 4.74 Å². The number of nitrogens with zero attached hydrogens (tertiary/aromatic N) is 1. The fraction of sp³-hybridized carbons (Fsp3) is 0.375. The minimum absolute atomic E-state index is 0.000856. The van der Waals surface area contributed by atoms with Crippen LogP contribution < -0.4 is 0 Å². The molecule has 0 atom stereocenters. The number of hydrogen-bond acceptors (Lipinski definition) is 4. The van der Waals surface area contributed by atoms with Gasteiger partial charge in [-0.15, -0.1) is 0 Å². The SMILES string of the molecule is CC(=O)CC1(C(=O)O)CCN(C(=O)OCC2c3ccccc3-c3ccccc32)CC1. The number of piperidine rings is 1. The highest BCUT2D eigenvalue weighted by Gasteiger charge is 2.43. The van der Waals surface area contributed by atoms with Crippen molar-refractivity contribution < 1.29 is 24.2 Å². The molecule has 4 rings (SSSR count). The summed E-state index contributed by atoms with van der Waals surface area (Å²) in [4.78, 5) is 37.5. The average molecular weight is 407 g/mol. The monoisotopic (exact) mass is 407 g/mol. The Kier molecular flexibility index (Phi) is 5.33. The van der Waals surface area contributed by atoms with E-state index in [9.17, 15) is 19.5 Å². The molecule has 1 heterocycles. The maximum Gasteiger partial charge on any atom is 0.409 e. The number of carbonyl (C=O) groups is 3. The van der Waals surface area contributed by atoms with Crippen molar-refractivity contribution in [3.05, 3.63) is 59.7 Å². The molecule has 0 radical (unpaired) electrons. The maximum absolute atomic E-state index is 12.7. The van der Waals surface area contributed by atoms with Crippen molar-refractivity contribution in [2.75, 3.05) is 19.7 Å². The minimum Gasteiger partial charge on any atom is -0.481 e. The van der Waals surface area contributed by atoms with Crippen molar-refractivity contribution in [3.63, 3.8) is 0 Å². The van der Waals surface area contributed by atoms with Gasteiger partial charge in [-0.3, -0.25) is 9.59 Å². The van der Waals surface area contributed by atoms with Crippen molar-refractivity contribution in [2.45, 2.75) is 32.1 Å². The molecule has 6 nitrogen and oxygen atoms in total. The number of rotatable bonds is 5. The smallest absolute Gasteiger partial charge is 0.409 e. The van der Waals surface area contributed by atoms with Gasteiger partial charge in [-0.05, 0) is 42.0 Å². The van der Waals surface area contributed by atoms with E-state index in [0.717, 1.165) is 11.1 Å². The summed E-state index contributed by atoms with van der Waals surface area (Å²) in [5.41, 5.74) is 3.56. The zero-order valence-corrected chi connectivity index (χ0v) is 17.0. The first-order valence-electron chi connectivity index (χ1n) is 10.2. The summed E-state index contributed by atoms with van der Waals surface area (Å²) in [6.45, 7) is 2.19. The lowest BCUT2D eigenvalue weighted by Crippen LogP contribution is -2.47. The van der Waals surface area contributed by atoms with Gasteiger partial charge in [-0.25, -0.2) is 4.79 Å². The van der Waals surface area contributed by atoms with Crippen LogP contribution in [0.1, 0.15) is 43.2 Å². The van der Waals surface area contributed by atoms with E-state index in [1.165, 1.54) is 18.1 Å². The van der Waals surface area contributed by atoms with Gasteiger partial charge in [-0.2, -0.15) is 0 Å². The molecular formula is C24H25NO5. The fourth-order valence-electron chi connectivity index (χ4n) is 4.75. The number of carboxylic acid groups (broad SMARTS) is 1. The van der Waals surface area contributed by atoms with Crippen LogP contribution in [0.3, 0.4) is 0 Å². The largest absolute Gasteiger partial charge is 0.481 e. The van der Waals surface area contributed by atoms with Gasteiger partial charge >= 0.3 is 12.1 Å². The van der Waals surface area contributed by atoms with Gasteiger partial charge in [0.15, 0.2) is 0 Å². The molecule has 0 saturated carbocycles. The Labute approximate surface area is 175 Å². The van der Waals surface area contributed by atoms with E-state index >= 15 is 0 Å². The van der Waals surface area contributed by atoms with Crippen LogP contribution in [-0.4, -0.2) is 47.5 Å². The van der Waals surface area contributed by atoms with Crippen LogP contribution in [0, 0.1) is 5.41 Å². The zero-order chi connectivity index (χ0) is 21.3. The Morgan fingerprint density at radius 1 is 1.00 bits per heavy atom. The van der Waals surface area contributed by atoms with Gasteiger partial charge < -0.3 is 14.7 Å². The molecule has 6 heteroatoms. The molecule has 0 unspecified atom stereocenters. The molecule has 2 aromatic carbocycles. The normalized spacial score (nSPS) is 17.2. The second-order valence-electron chi connectivity index (χ2n) is 8.26. The number of carbonyl (C=O) groups excluding carboxylic acids is 2. The van der Waals surface area contributed by atoms with E-state index in [0.29, 0.717) is 0 Å². The van der Waals surface area contributed by atoms with Gasteiger partial charge in [0.1, 0.15) is 12.4 Å². The first kappa shape index (κ1) is 20.1. The zero-order valence-electron chi connectivity index (χ0n) is 17.0. The Morgan fingerprint density at radius 2 is 1.53 bits per heavy atom. The van der Waals surface area contributed by atoms with Crippen LogP contribution in [0.5, 0.6) is 0 Å². The number of ether oxygens (including phenoxy) is 1. The van der Waals surface area contributed by atoms with Crippen LogP contribution in [0.15, 0.2) is 48.5 Å². The molecule has 1 amide bonds. The van der Waals surface area contributed by atoms with Gasteiger partial charge in [0.05, 0.1) is 5.41 Å². The number of fused-ring (bicyclic) bond motifs is 3. The highest BCUT2D eigenvalue weighted by molar-refractivity contribution is 5.85. The Bertz CT molecular complexity index is 945. The number of aliphatic carboxylic acids is 1. The second-order valence-corrected chi connectivity index (χ2v) is 8.26. The predicted octanol–water partition coefficient (Wildman–Crippen LogP) is 4.08. The number of ketones is 1. The van der Waals surface area contributed by atoms with Crippen molar-refractivity contribution in [3.8, 4) is 11.1 Å². The quantitative estimate of drug-likeness (QED) is 0.807. The van der Waals surface area contributed by atoms with E-state index < -0.39 is 17.5 Å². The molecule has 0 spiro atoms. The molecule has 1 saturated heterocycles. The van der Waals surface area contributed by atoms with Crippen molar-refractivity contribution in [2.24, 2.45) is 5.41 Å².